The van der Waals surface area contributed by atoms with Crippen LogP contribution in [0.5, 0.6) is 0 Å². The van der Waals surface area contributed by atoms with E-state index in [1.54, 1.807) is 0 Å². The van der Waals surface area contributed by atoms with E-state index in [1.807, 2.05) is 0 Å². The first kappa shape index (κ1) is 38.2. The van der Waals surface area contributed by atoms with E-state index in [1.165, 1.54) is 93.2 Å². The number of rotatable bonds is 8. The summed E-state index contributed by atoms with van der Waals surface area (Å²) >= 11 is 0. The number of para-hydroxylation sites is 1. The fourth-order valence-corrected chi connectivity index (χ4v) is 10.0. The van der Waals surface area contributed by atoms with Crippen molar-refractivity contribution in [3.05, 3.63) is 261 Å². The van der Waals surface area contributed by atoms with Crippen LogP contribution in [0.15, 0.2) is 261 Å². The van der Waals surface area contributed by atoms with E-state index in [-0.39, 0.29) is 0 Å². The maximum Gasteiger partial charge on any atom is 0.0540 e. The Morgan fingerprint density at radius 1 is 0.200 bits per heavy atom. The Morgan fingerprint density at radius 3 is 1.05 bits per heavy atom. The molecule has 304 valence electrons. The summed E-state index contributed by atoms with van der Waals surface area (Å²) in [6, 6.07) is 95.2. The maximum atomic E-state index is 2.43. The third-order valence-electron chi connectivity index (χ3n) is 13.1. The van der Waals surface area contributed by atoms with Crippen molar-refractivity contribution in [1.29, 1.82) is 0 Å². The van der Waals surface area contributed by atoms with Crippen LogP contribution in [0.1, 0.15) is 0 Å². The third kappa shape index (κ3) is 6.82. The topological polar surface area (TPSA) is 3.24 Å². The van der Waals surface area contributed by atoms with Crippen molar-refractivity contribution < 1.29 is 0 Å². The van der Waals surface area contributed by atoms with Gasteiger partial charge in [0, 0.05) is 16.9 Å². The molecular formula is C64H43N. The molecule has 1 nitrogen and oxygen atoms in total. The second kappa shape index (κ2) is 16.3. The number of hydrogen-bond donors (Lipinski definition) is 0. The van der Waals surface area contributed by atoms with E-state index in [2.05, 4.69) is 266 Å². The van der Waals surface area contributed by atoms with Crippen molar-refractivity contribution in [2.24, 2.45) is 0 Å². The highest BCUT2D eigenvalue weighted by Crippen LogP contribution is 2.46. The Morgan fingerprint density at radius 2 is 0.538 bits per heavy atom. The van der Waals surface area contributed by atoms with Gasteiger partial charge in [-0.15, -0.1) is 0 Å². The lowest BCUT2D eigenvalue weighted by Gasteiger charge is -2.29. The fourth-order valence-electron chi connectivity index (χ4n) is 10.0. The van der Waals surface area contributed by atoms with Crippen molar-refractivity contribution in [2.45, 2.75) is 0 Å². The summed E-state index contributed by atoms with van der Waals surface area (Å²) in [6.45, 7) is 0. The smallest absolute Gasteiger partial charge is 0.0540 e. The molecule has 0 atom stereocenters. The minimum Gasteiger partial charge on any atom is -0.310 e. The molecule has 65 heavy (non-hydrogen) atoms. The average Bonchev–Trinajstić information content (AvgIpc) is 3.39. The van der Waals surface area contributed by atoms with Crippen LogP contribution in [0.2, 0.25) is 0 Å². The summed E-state index contributed by atoms with van der Waals surface area (Å²) in [7, 11) is 0. The molecule has 0 aliphatic rings. The monoisotopic (exact) mass is 825 g/mol. The molecule has 12 aromatic carbocycles. The Labute approximate surface area is 379 Å². The van der Waals surface area contributed by atoms with Crippen molar-refractivity contribution >= 4 is 60.2 Å². The van der Waals surface area contributed by atoms with Gasteiger partial charge in [-0.1, -0.05) is 218 Å². The second-order valence-electron chi connectivity index (χ2n) is 16.8. The average molecular weight is 826 g/mol. The molecule has 12 aromatic rings. The van der Waals surface area contributed by atoms with Gasteiger partial charge in [-0.2, -0.15) is 0 Å². The molecule has 0 N–H and O–H groups in total. The number of hydrogen-bond acceptors (Lipinski definition) is 1. The van der Waals surface area contributed by atoms with Gasteiger partial charge in [0.1, 0.15) is 0 Å². The SMILES string of the molecule is c1ccc(-c2ccccc2-c2ccccc2-c2ccccc2N(c2ccc(-c3cc4ccccc4c4ccccc34)cc2)c2ccc(-c3cc4ccccc4c4ccccc34)cc2)cc1. The minimum atomic E-state index is 1.08. The lowest BCUT2D eigenvalue weighted by atomic mass is 9.88. The third-order valence-corrected chi connectivity index (χ3v) is 13.1. The van der Waals surface area contributed by atoms with Gasteiger partial charge in [0.05, 0.1) is 5.69 Å². The second-order valence-corrected chi connectivity index (χ2v) is 16.8. The van der Waals surface area contributed by atoms with Gasteiger partial charge in [0.2, 0.25) is 0 Å². The predicted molar refractivity (Wildman–Crippen MR) is 278 cm³/mol. The first-order chi connectivity index (χ1) is 32.3. The standard InChI is InChI=1S/C64H43N/c1-2-18-44(19-3-1)51-22-8-9-25-54(51)57-28-12-13-29-58(57)61-32-16-17-33-64(61)65(49-38-34-45(35-39-49)62-42-47-20-4-6-23-52(47)55-26-10-14-30-59(55)62)50-40-36-46(37-41-50)63-43-48-21-5-7-24-53(48)56-27-11-15-31-60(56)63/h1-43H. The van der Waals surface area contributed by atoms with Gasteiger partial charge >= 0.3 is 0 Å². The first-order valence-electron chi connectivity index (χ1n) is 22.4. The molecule has 0 aliphatic heterocycles. The molecule has 12 rings (SSSR count). The largest absolute Gasteiger partial charge is 0.310 e. The van der Waals surface area contributed by atoms with Crippen molar-refractivity contribution in [1.82, 2.24) is 0 Å². The summed E-state index contributed by atoms with van der Waals surface area (Å²) in [5, 5.41) is 10.1. The first-order valence-corrected chi connectivity index (χ1v) is 22.4. The van der Waals surface area contributed by atoms with Crippen LogP contribution in [0.3, 0.4) is 0 Å². The highest BCUT2D eigenvalue weighted by Gasteiger charge is 2.21. The number of anilines is 3. The highest BCUT2D eigenvalue weighted by molar-refractivity contribution is 6.15. The Bertz CT molecular complexity index is 3530. The molecule has 0 heterocycles. The quantitative estimate of drug-likeness (QED) is 0.138. The van der Waals surface area contributed by atoms with Crippen LogP contribution in [-0.2, 0) is 0 Å². The van der Waals surface area contributed by atoms with Gasteiger partial charge in [0.15, 0.2) is 0 Å². The molecule has 0 saturated heterocycles. The van der Waals surface area contributed by atoms with E-state index >= 15 is 0 Å². The Kier molecular flexibility index (Phi) is 9.58. The molecule has 0 fully saturated rings. The molecule has 0 amide bonds. The van der Waals surface area contributed by atoms with Crippen molar-refractivity contribution in [3.63, 3.8) is 0 Å². The van der Waals surface area contributed by atoms with Crippen molar-refractivity contribution in [2.75, 3.05) is 4.90 Å². The predicted octanol–water partition coefficient (Wildman–Crippen LogP) is 18.1. The molecule has 0 aliphatic carbocycles. The van der Waals surface area contributed by atoms with Gasteiger partial charge in [0.25, 0.3) is 0 Å². The minimum absolute atomic E-state index is 1.08. The molecule has 0 spiro atoms. The zero-order chi connectivity index (χ0) is 43.1. The molecule has 0 bridgehead atoms. The van der Waals surface area contributed by atoms with Crippen molar-refractivity contribution in [3.8, 4) is 55.6 Å². The summed E-state index contributed by atoms with van der Waals surface area (Å²) in [6.07, 6.45) is 0. The molecule has 0 aromatic heterocycles. The number of nitrogens with zero attached hydrogens (tertiary/aromatic N) is 1. The molecule has 0 saturated carbocycles. The molecule has 0 radical (unpaired) electrons. The van der Waals surface area contributed by atoms with Gasteiger partial charge < -0.3 is 4.90 Å². The summed E-state index contributed by atoms with van der Waals surface area (Å²) in [4.78, 5) is 2.43. The number of benzene rings is 12. The lowest BCUT2D eigenvalue weighted by molar-refractivity contribution is 1.28. The number of fused-ring (bicyclic) bond motifs is 6. The van der Waals surface area contributed by atoms with Crippen LogP contribution < -0.4 is 4.90 Å². The Balaban J connectivity index is 1.03. The van der Waals surface area contributed by atoms with E-state index in [9.17, 15) is 0 Å². The van der Waals surface area contributed by atoms with E-state index < -0.39 is 0 Å². The van der Waals surface area contributed by atoms with E-state index in [4.69, 9.17) is 0 Å². The zero-order valence-corrected chi connectivity index (χ0v) is 35.8. The Hall–Kier alpha value is -8.52. The summed E-state index contributed by atoms with van der Waals surface area (Å²) in [5.74, 6) is 0. The van der Waals surface area contributed by atoms with Gasteiger partial charge in [-0.05, 0) is 136 Å². The maximum absolute atomic E-state index is 2.43. The van der Waals surface area contributed by atoms with Crippen LogP contribution in [-0.4, -0.2) is 0 Å². The molecule has 0 unspecified atom stereocenters. The van der Waals surface area contributed by atoms with Gasteiger partial charge in [-0.25, -0.2) is 0 Å². The fraction of sp³-hybridized carbons (Fsp3) is 0. The van der Waals surface area contributed by atoms with E-state index in [0.717, 1.165) is 22.6 Å². The summed E-state index contributed by atoms with van der Waals surface area (Å²) < 4.78 is 0. The normalized spacial score (nSPS) is 11.4. The zero-order valence-electron chi connectivity index (χ0n) is 35.8. The lowest BCUT2D eigenvalue weighted by Crippen LogP contribution is -2.11. The van der Waals surface area contributed by atoms with Gasteiger partial charge in [-0.3, -0.25) is 0 Å². The summed E-state index contributed by atoms with van der Waals surface area (Å²) in [5.41, 5.74) is 15.2. The highest BCUT2D eigenvalue weighted by atomic mass is 15.1. The van der Waals surface area contributed by atoms with E-state index in [0.29, 0.717) is 0 Å². The van der Waals surface area contributed by atoms with Crippen LogP contribution in [0, 0.1) is 0 Å². The van der Waals surface area contributed by atoms with Crippen LogP contribution in [0.4, 0.5) is 17.1 Å². The molecular weight excluding hydrogens is 783 g/mol. The van der Waals surface area contributed by atoms with Crippen LogP contribution in [0.25, 0.3) is 98.7 Å². The van der Waals surface area contributed by atoms with Crippen LogP contribution >= 0.6 is 0 Å². The molecule has 1 heteroatoms.